The van der Waals surface area contributed by atoms with Gasteiger partial charge in [0, 0.05) is 6.54 Å². The minimum Gasteiger partial charge on any atom is -0.317 e. The third-order valence-electron chi connectivity index (χ3n) is 2.48. The maximum Gasteiger partial charge on any atom is 0.292 e. The standard InChI is InChI=1S/C11H16FN3O4S/c1-2-13-6-3-7-14-20(18,19)11-5-4-9(12)8-10(11)15(16)17/h4-5,8,13-14H,2-3,6-7H2,1H3. The second kappa shape index (κ2) is 7.27. The third-order valence-corrected chi connectivity index (χ3v) is 3.99. The molecule has 0 aliphatic heterocycles. The van der Waals surface area contributed by atoms with E-state index < -0.39 is 31.3 Å². The van der Waals surface area contributed by atoms with Crippen molar-refractivity contribution >= 4 is 15.7 Å². The third kappa shape index (κ3) is 4.51. The monoisotopic (exact) mass is 305 g/mol. The van der Waals surface area contributed by atoms with Crippen LogP contribution in [-0.2, 0) is 10.0 Å². The number of benzene rings is 1. The van der Waals surface area contributed by atoms with Crippen molar-refractivity contribution in [1.29, 1.82) is 0 Å². The zero-order valence-corrected chi connectivity index (χ0v) is 11.7. The average Bonchev–Trinajstić information content (AvgIpc) is 2.38. The van der Waals surface area contributed by atoms with Crippen LogP contribution in [0.2, 0.25) is 0 Å². The first-order chi connectivity index (χ1) is 9.38. The van der Waals surface area contributed by atoms with Crippen molar-refractivity contribution in [3.63, 3.8) is 0 Å². The van der Waals surface area contributed by atoms with Gasteiger partial charge in [-0.1, -0.05) is 6.92 Å². The molecule has 0 radical (unpaired) electrons. The van der Waals surface area contributed by atoms with Crippen LogP contribution in [0, 0.1) is 15.9 Å². The summed E-state index contributed by atoms with van der Waals surface area (Å²) in [6, 6.07) is 2.35. The van der Waals surface area contributed by atoms with Gasteiger partial charge in [0.05, 0.1) is 11.0 Å². The molecule has 1 rings (SSSR count). The predicted molar refractivity (Wildman–Crippen MR) is 71.4 cm³/mol. The Labute approximate surface area is 116 Å². The molecule has 1 aromatic carbocycles. The molecule has 0 spiro atoms. The second-order valence-electron chi connectivity index (χ2n) is 3.97. The number of hydrogen-bond acceptors (Lipinski definition) is 5. The molecule has 112 valence electrons. The Morgan fingerprint density at radius 3 is 2.65 bits per heavy atom. The number of sulfonamides is 1. The van der Waals surface area contributed by atoms with E-state index in [9.17, 15) is 22.9 Å². The highest BCUT2D eigenvalue weighted by molar-refractivity contribution is 7.89. The lowest BCUT2D eigenvalue weighted by atomic mass is 10.3. The average molecular weight is 305 g/mol. The van der Waals surface area contributed by atoms with E-state index in [1.165, 1.54) is 0 Å². The van der Waals surface area contributed by atoms with Gasteiger partial charge in [0.1, 0.15) is 5.82 Å². The van der Waals surface area contributed by atoms with E-state index in [-0.39, 0.29) is 6.54 Å². The van der Waals surface area contributed by atoms with Crippen LogP contribution in [0.25, 0.3) is 0 Å². The normalized spacial score (nSPS) is 11.5. The van der Waals surface area contributed by atoms with Crippen LogP contribution in [0.1, 0.15) is 13.3 Å². The fraction of sp³-hybridized carbons (Fsp3) is 0.455. The van der Waals surface area contributed by atoms with E-state index in [1.807, 2.05) is 6.92 Å². The Balaban J connectivity index is 2.84. The lowest BCUT2D eigenvalue weighted by Crippen LogP contribution is -2.28. The van der Waals surface area contributed by atoms with Crippen molar-refractivity contribution in [3.8, 4) is 0 Å². The minimum absolute atomic E-state index is 0.143. The van der Waals surface area contributed by atoms with E-state index >= 15 is 0 Å². The molecule has 9 heteroatoms. The molecule has 0 fully saturated rings. The molecule has 0 unspecified atom stereocenters. The number of rotatable bonds is 8. The van der Waals surface area contributed by atoms with Gasteiger partial charge in [0.2, 0.25) is 10.0 Å². The van der Waals surface area contributed by atoms with E-state index in [1.54, 1.807) is 0 Å². The van der Waals surface area contributed by atoms with Crippen LogP contribution < -0.4 is 10.0 Å². The molecular weight excluding hydrogens is 289 g/mol. The summed E-state index contributed by atoms with van der Waals surface area (Å²) < 4.78 is 39.1. The summed E-state index contributed by atoms with van der Waals surface area (Å²) in [5.41, 5.74) is -0.774. The molecule has 0 aromatic heterocycles. The number of nitrogens with zero attached hydrogens (tertiary/aromatic N) is 1. The first-order valence-electron chi connectivity index (χ1n) is 6.03. The summed E-state index contributed by atoms with van der Waals surface area (Å²) >= 11 is 0. The van der Waals surface area contributed by atoms with Crippen LogP contribution in [0.5, 0.6) is 0 Å². The van der Waals surface area contributed by atoms with Gasteiger partial charge < -0.3 is 5.32 Å². The highest BCUT2D eigenvalue weighted by Gasteiger charge is 2.25. The molecular formula is C11H16FN3O4S. The molecule has 0 saturated carbocycles. The summed E-state index contributed by atoms with van der Waals surface area (Å²) in [7, 11) is -4.03. The Kier molecular flexibility index (Phi) is 5.99. The van der Waals surface area contributed by atoms with Gasteiger partial charge in [-0.05, 0) is 31.6 Å². The van der Waals surface area contributed by atoms with Crippen LogP contribution in [0.15, 0.2) is 23.1 Å². The summed E-state index contributed by atoms with van der Waals surface area (Å²) in [5.74, 6) is -0.859. The molecule has 0 aliphatic rings. The first kappa shape index (κ1) is 16.5. The van der Waals surface area contributed by atoms with Gasteiger partial charge in [-0.2, -0.15) is 0 Å². The number of nitro groups is 1. The van der Waals surface area contributed by atoms with E-state index in [0.717, 1.165) is 18.7 Å². The molecule has 1 aromatic rings. The van der Waals surface area contributed by atoms with Crippen molar-refractivity contribution in [3.05, 3.63) is 34.1 Å². The molecule has 2 N–H and O–H groups in total. The largest absolute Gasteiger partial charge is 0.317 e. The van der Waals surface area contributed by atoms with Crippen molar-refractivity contribution in [1.82, 2.24) is 10.0 Å². The highest BCUT2D eigenvalue weighted by atomic mass is 32.2. The van der Waals surface area contributed by atoms with Crippen molar-refractivity contribution in [2.24, 2.45) is 0 Å². The van der Waals surface area contributed by atoms with E-state index in [2.05, 4.69) is 10.0 Å². The number of halogens is 1. The van der Waals surface area contributed by atoms with Gasteiger partial charge in [0.15, 0.2) is 4.90 Å². The summed E-state index contributed by atoms with van der Waals surface area (Å²) in [4.78, 5) is 9.32. The lowest BCUT2D eigenvalue weighted by Gasteiger charge is -2.07. The van der Waals surface area contributed by atoms with Crippen molar-refractivity contribution < 1.29 is 17.7 Å². The van der Waals surface area contributed by atoms with Crippen LogP contribution in [0.4, 0.5) is 10.1 Å². The lowest BCUT2D eigenvalue weighted by molar-refractivity contribution is -0.388. The second-order valence-corrected chi connectivity index (χ2v) is 5.71. The van der Waals surface area contributed by atoms with Crippen LogP contribution in [0.3, 0.4) is 0 Å². The Bertz CT molecular complexity index is 577. The van der Waals surface area contributed by atoms with Crippen molar-refractivity contribution in [2.45, 2.75) is 18.2 Å². The summed E-state index contributed by atoms with van der Waals surface area (Å²) in [6.45, 7) is 3.47. The zero-order valence-electron chi connectivity index (χ0n) is 10.9. The Hall–Kier alpha value is -1.58. The number of hydrogen-bond donors (Lipinski definition) is 2. The maximum absolute atomic E-state index is 13.0. The predicted octanol–water partition coefficient (Wildman–Crippen LogP) is 1.01. The van der Waals surface area contributed by atoms with Gasteiger partial charge in [-0.25, -0.2) is 17.5 Å². The van der Waals surface area contributed by atoms with E-state index in [4.69, 9.17) is 0 Å². The fourth-order valence-corrected chi connectivity index (χ4v) is 2.76. The Morgan fingerprint density at radius 1 is 1.35 bits per heavy atom. The van der Waals surface area contributed by atoms with Gasteiger partial charge in [-0.3, -0.25) is 10.1 Å². The molecule has 7 nitrogen and oxygen atoms in total. The van der Waals surface area contributed by atoms with Crippen molar-refractivity contribution in [2.75, 3.05) is 19.6 Å². The molecule has 0 bridgehead atoms. The van der Waals surface area contributed by atoms with Gasteiger partial charge >= 0.3 is 0 Å². The Morgan fingerprint density at radius 2 is 2.05 bits per heavy atom. The summed E-state index contributed by atoms with van der Waals surface area (Å²) in [5, 5.41) is 13.8. The van der Waals surface area contributed by atoms with Gasteiger partial charge in [-0.15, -0.1) is 0 Å². The minimum atomic E-state index is -4.03. The smallest absolute Gasteiger partial charge is 0.292 e. The number of nitro benzene ring substituents is 1. The van der Waals surface area contributed by atoms with Crippen LogP contribution >= 0.6 is 0 Å². The summed E-state index contributed by atoms with van der Waals surface area (Å²) in [6.07, 6.45) is 0.544. The molecule has 0 heterocycles. The molecule has 0 saturated heterocycles. The van der Waals surface area contributed by atoms with Gasteiger partial charge in [0.25, 0.3) is 5.69 Å². The highest BCUT2D eigenvalue weighted by Crippen LogP contribution is 2.24. The molecule has 0 atom stereocenters. The maximum atomic E-state index is 13.0. The quantitative estimate of drug-likeness (QED) is 0.424. The van der Waals surface area contributed by atoms with E-state index in [0.29, 0.717) is 19.0 Å². The first-order valence-corrected chi connectivity index (χ1v) is 7.51. The fourth-order valence-electron chi connectivity index (χ4n) is 1.53. The molecule has 20 heavy (non-hydrogen) atoms. The molecule has 0 amide bonds. The zero-order chi connectivity index (χ0) is 15.2. The molecule has 0 aliphatic carbocycles. The SMILES string of the molecule is CCNCCCNS(=O)(=O)c1ccc(F)cc1[N+](=O)[O-]. The van der Waals surface area contributed by atoms with Crippen LogP contribution in [-0.4, -0.2) is 33.0 Å². The number of nitrogens with one attached hydrogen (secondary N) is 2. The topological polar surface area (TPSA) is 101 Å².